The zero-order valence-corrected chi connectivity index (χ0v) is 11.6. The molecular weight excluding hydrogens is 212 g/mol. The van der Waals surface area contributed by atoms with Gasteiger partial charge in [-0.25, -0.2) is 0 Å². The summed E-state index contributed by atoms with van der Waals surface area (Å²) in [7, 11) is 0. The van der Waals surface area contributed by atoms with Gasteiger partial charge >= 0.3 is 0 Å². The van der Waals surface area contributed by atoms with E-state index in [1.165, 1.54) is 25.7 Å². The molecule has 1 saturated carbocycles. The van der Waals surface area contributed by atoms with Crippen molar-refractivity contribution in [3.63, 3.8) is 0 Å². The second-order valence-corrected chi connectivity index (χ2v) is 5.44. The predicted octanol–water partition coefficient (Wildman–Crippen LogP) is 2.17. The summed E-state index contributed by atoms with van der Waals surface area (Å²) in [4.78, 5) is 0. The molecule has 0 aromatic rings. The summed E-state index contributed by atoms with van der Waals surface area (Å²) in [5.41, 5.74) is 0. The maximum atomic E-state index is 5.58. The van der Waals surface area contributed by atoms with Gasteiger partial charge in [0.1, 0.15) is 0 Å². The standard InChI is InChI=1S/C14H30N2O/c1-13(2)16-10-4-3-8-15-9-5-11-17-12-14-6-7-14/h13-16H,3-12H2,1-2H3. The van der Waals surface area contributed by atoms with Crippen LogP contribution in [0.5, 0.6) is 0 Å². The second-order valence-electron chi connectivity index (χ2n) is 5.44. The zero-order valence-electron chi connectivity index (χ0n) is 11.6. The molecule has 0 atom stereocenters. The van der Waals surface area contributed by atoms with Crippen LogP contribution < -0.4 is 10.6 Å². The van der Waals surface area contributed by atoms with Crippen molar-refractivity contribution in [3.05, 3.63) is 0 Å². The smallest absolute Gasteiger partial charge is 0.0494 e. The molecule has 1 aliphatic rings. The van der Waals surface area contributed by atoms with Gasteiger partial charge in [-0.3, -0.25) is 0 Å². The monoisotopic (exact) mass is 242 g/mol. The van der Waals surface area contributed by atoms with E-state index in [4.69, 9.17) is 4.74 Å². The lowest BCUT2D eigenvalue weighted by atomic mass is 10.3. The number of hydrogen-bond acceptors (Lipinski definition) is 3. The molecule has 1 aliphatic carbocycles. The van der Waals surface area contributed by atoms with Crippen molar-refractivity contribution >= 4 is 0 Å². The highest BCUT2D eigenvalue weighted by Gasteiger charge is 2.20. The first kappa shape index (κ1) is 14.9. The highest BCUT2D eigenvalue weighted by atomic mass is 16.5. The summed E-state index contributed by atoms with van der Waals surface area (Å²) >= 11 is 0. The van der Waals surface area contributed by atoms with Gasteiger partial charge < -0.3 is 15.4 Å². The number of rotatable bonds is 12. The van der Waals surface area contributed by atoms with Crippen LogP contribution in [-0.4, -0.2) is 38.9 Å². The number of nitrogens with one attached hydrogen (secondary N) is 2. The van der Waals surface area contributed by atoms with E-state index in [0.29, 0.717) is 6.04 Å². The van der Waals surface area contributed by atoms with E-state index >= 15 is 0 Å². The molecule has 3 nitrogen and oxygen atoms in total. The molecule has 1 rings (SSSR count). The van der Waals surface area contributed by atoms with Crippen molar-refractivity contribution in [2.24, 2.45) is 5.92 Å². The molecule has 0 aromatic carbocycles. The van der Waals surface area contributed by atoms with Crippen LogP contribution in [0.3, 0.4) is 0 Å². The number of ether oxygens (including phenoxy) is 1. The van der Waals surface area contributed by atoms with E-state index in [9.17, 15) is 0 Å². The Morgan fingerprint density at radius 2 is 1.76 bits per heavy atom. The zero-order chi connectivity index (χ0) is 12.3. The SMILES string of the molecule is CC(C)NCCCCNCCCOCC1CC1. The first-order chi connectivity index (χ1) is 8.29. The molecular formula is C14H30N2O. The summed E-state index contributed by atoms with van der Waals surface area (Å²) in [6.07, 6.45) is 6.47. The molecule has 0 bridgehead atoms. The fraction of sp³-hybridized carbons (Fsp3) is 1.00. The summed E-state index contributed by atoms with van der Waals surface area (Å²) in [5, 5.41) is 6.90. The van der Waals surface area contributed by atoms with Crippen molar-refractivity contribution in [1.82, 2.24) is 10.6 Å². The molecule has 3 heteroatoms. The molecule has 0 unspecified atom stereocenters. The molecule has 0 spiro atoms. The Morgan fingerprint density at radius 1 is 1.06 bits per heavy atom. The molecule has 0 heterocycles. The molecule has 0 radical (unpaired) electrons. The minimum absolute atomic E-state index is 0.617. The average Bonchev–Trinajstić information content (AvgIpc) is 3.09. The average molecular weight is 242 g/mol. The Bertz CT molecular complexity index is 160. The van der Waals surface area contributed by atoms with Crippen molar-refractivity contribution < 1.29 is 4.74 Å². The first-order valence-corrected chi connectivity index (χ1v) is 7.31. The fourth-order valence-electron chi connectivity index (χ4n) is 1.72. The number of hydrogen-bond donors (Lipinski definition) is 2. The predicted molar refractivity (Wildman–Crippen MR) is 73.4 cm³/mol. The molecule has 0 saturated heterocycles. The van der Waals surface area contributed by atoms with E-state index in [1.54, 1.807) is 0 Å². The largest absolute Gasteiger partial charge is 0.381 e. The van der Waals surface area contributed by atoms with Gasteiger partial charge in [0.05, 0.1) is 0 Å². The highest BCUT2D eigenvalue weighted by molar-refractivity contribution is 4.71. The van der Waals surface area contributed by atoms with Gasteiger partial charge in [-0.15, -0.1) is 0 Å². The minimum Gasteiger partial charge on any atom is -0.381 e. The summed E-state index contributed by atoms with van der Waals surface area (Å²) in [6, 6.07) is 0.617. The fourth-order valence-corrected chi connectivity index (χ4v) is 1.72. The molecule has 0 aromatic heterocycles. The van der Waals surface area contributed by atoms with Crippen LogP contribution in [-0.2, 0) is 4.74 Å². The van der Waals surface area contributed by atoms with E-state index in [0.717, 1.165) is 45.2 Å². The third-order valence-corrected chi connectivity index (χ3v) is 3.03. The number of unbranched alkanes of at least 4 members (excludes halogenated alkanes) is 1. The van der Waals surface area contributed by atoms with E-state index in [1.807, 2.05) is 0 Å². The Morgan fingerprint density at radius 3 is 2.47 bits per heavy atom. The van der Waals surface area contributed by atoms with Gasteiger partial charge in [0.25, 0.3) is 0 Å². The minimum atomic E-state index is 0.617. The normalized spacial score (nSPS) is 15.7. The van der Waals surface area contributed by atoms with E-state index < -0.39 is 0 Å². The van der Waals surface area contributed by atoms with Crippen LogP contribution in [0.25, 0.3) is 0 Å². The van der Waals surface area contributed by atoms with Crippen molar-refractivity contribution in [2.75, 3.05) is 32.8 Å². The van der Waals surface area contributed by atoms with Gasteiger partial charge in [-0.05, 0) is 57.7 Å². The van der Waals surface area contributed by atoms with Gasteiger partial charge in [0.15, 0.2) is 0 Å². The Kier molecular flexibility index (Phi) is 8.67. The van der Waals surface area contributed by atoms with Crippen molar-refractivity contribution in [2.45, 2.75) is 52.0 Å². The summed E-state index contributed by atoms with van der Waals surface area (Å²) in [5.74, 6) is 0.899. The van der Waals surface area contributed by atoms with Gasteiger partial charge in [0.2, 0.25) is 0 Å². The Labute approximate surface area is 107 Å². The molecule has 102 valence electrons. The Balaban J connectivity index is 1.63. The highest BCUT2D eigenvalue weighted by Crippen LogP contribution is 2.28. The maximum absolute atomic E-state index is 5.58. The molecule has 1 fully saturated rings. The lowest BCUT2D eigenvalue weighted by Gasteiger charge is -2.08. The molecule has 0 amide bonds. The molecule has 2 N–H and O–H groups in total. The second kappa shape index (κ2) is 9.86. The van der Waals surface area contributed by atoms with Gasteiger partial charge in [-0.1, -0.05) is 13.8 Å². The van der Waals surface area contributed by atoms with Crippen molar-refractivity contribution in [3.8, 4) is 0 Å². The van der Waals surface area contributed by atoms with E-state index in [2.05, 4.69) is 24.5 Å². The third kappa shape index (κ3) is 10.7. The molecule has 0 aliphatic heterocycles. The Hall–Kier alpha value is -0.120. The van der Waals surface area contributed by atoms with Crippen LogP contribution >= 0.6 is 0 Å². The van der Waals surface area contributed by atoms with Crippen LogP contribution in [0.2, 0.25) is 0 Å². The topological polar surface area (TPSA) is 33.3 Å². The lowest BCUT2D eigenvalue weighted by molar-refractivity contribution is 0.122. The van der Waals surface area contributed by atoms with E-state index in [-0.39, 0.29) is 0 Å². The van der Waals surface area contributed by atoms with Crippen molar-refractivity contribution in [1.29, 1.82) is 0 Å². The maximum Gasteiger partial charge on any atom is 0.0494 e. The summed E-state index contributed by atoms with van der Waals surface area (Å²) in [6.45, 7) is 9.70. The summed E-state index contributed by atoms with van der Waals surface area (Å²) < 4.78 is 5.58. The van der Waals surface area contributed by atoms with Crippen LogP contribution in [0, 0.1) is 5.92 Å². The van der Waals surface area contributed by atoms with Crippen LogP contribution in [0.1, 0.15) is 46.0 Å². The van der Waals surface area contributed by atoms with Gasteiger partial charge in [-0.2, -0.15) is 0 Å². The molecule has 17 heavy (non-hydrogen) atoms. The quantitative estimate of drug-likeness (QED) is 0.515. The van der Waals surface area contributed by atoms with Crippen LogP contribution in [0.15, 0.2) is 0 Å². The lowest BCUT2D eigenvalue weighted by Crippen LogP contribution is -2.25. The third-order valence-electron chi connectivity index (χ3n) is 3.03. The first-order valence-electron chi connectivity index (χ1n) is 7.31. The van der Waals surface area contributed by atoms with Crippen LogP contribution in [0.4, 0.5) is 0 Å². The van der Waals surface area contributed by atoms with Gasteiger partial charge in [0, 0.05) is 19.3 Å².